The van der Waals surface area contributed by atoms with Gasteiger partial charge in [-0.2, -0.15) is 9.40 Å². The molecule has 142 valence electrons. The fourth-order valence-electron chi connectivity index (χ4n) is 3.18. The Balaban J connectivity index is 1.59. The molecular formula is C17H19N5O4S. The number of sulfonamides is 1. The van der Waals surface area contributed by atoms with Gasteiger partial charge in [-0.25, -0.2) is 13.4 Å². The number of pyridine rings is 1. The van der Waals surface area contributed by atoms with Crippen molar-refractivity contribution in [2.75, 3.05) is 18.4 Å². The number of H-pyrrole nitrogens is 1. The lowest BCUT2D eigenvalue weighted by Crippen LogP contribution is -2.28. The molecule has 0 saturated carbocycles. The Bertz CT molecular complexity index is 1130. The molecule has 0 radical (unpaired) electrons. The number of rotatable bonds is 4. The third-order valence-electron chi connectivity index (χ3n) is 4.64. The number of hydrogen-bond acceptors (Lipinski definition) is 6. The molecule has 1 amide bonds. The fraction of sp³-hybridized carbons (Fsp3) is 0.353. The fourth-order valence-corrected chi connectivity index (χ4v) is 4.86. The van der Waals surface area contributed by atoms with Gasteiger partial charge in [-0.05, 0) is 32.8 Å². The summed E-state index contributed by atoms with van der Waals surface area (Å²) in [5, 5.41) is 10.3. The number of hydrogen-bond donors (Lipinski definition) is 2. The van der Waals surface area contributed by atoms with Crippen LogP contribution in [-0.2, 0) is 10.0 Å². The number of carbonyl (C=O) groups excluding carboxylic acids is 1. The van der Waals surface area contributed by atoms with Crippen LogP contribution in [0, 0.1) is 13.8 Å². The van der Waals surface area contributed by atoms with E-state index in [9.17, 15) is 13.2 Å². The predicted molar refractivity (Wildman–Crippen MR) is 98.0 cm³/mol. The van der Waals surface area contributed by atoms with Crippen LogP contribution in [0.4, 0.5) is 5.69 Å². The molecule has 0 aliphatic carbocycles. The van der Waals surface area contributed by atoms with Gasteiger partial charge in [-0.15, -0.1) is 0 Å². The molecule has 1 aliphatic heterocycles. The van der Waals surface area contributed by atoms with Gasteiger partial charge in [0.05, 0.1) is 11.9 Å². The standard InChI is InChI=1S/C17H19N5O4S/c1-10-13-7-12(9-18-16(13)21-20-10)19-17(23)14-8-15(11(2)26-14)27(24,25)22-5-3-4-6-22/h7-9H,3-6H2,1-2H3,(H,19,23)(H,18,20,21). The summed E-state index contributed by atoms with van der Waals surface area (Å²) in [6, 6.07) is 3.03. The number of nitrogens with one attached hydrogen (secondary N) is 2. The van der Waals surface area contributed by atoms with E-state index in [0.29, 0.717) is 24.4 Å². The van der Waals surface area contributed by atoms with E-state index in [1.807, 2.05) is 6.92 Å². The number of aryl methyl sites for hydroxylation is 2. The van der Waals surface area contributed by atoms with Crippen molar-refractivity contribution in [3.05, 3.63) is 35.5 Å². The van der Waals surface area contributed by atoms with Crippen molar-refractivity contribution in [2.24, 2.45) is 0 Å². The lowest BCUT2D eigenvalue weighted by atomic mass is 10.2. The van der Waals surface area contributed by atoms with Crippen molar-refractivity contribution in [3.8, 4) is 0 Å². The van der Waals surface area contributed by atoms with Crippen LogP contribution in [0.1, 0.15) is 34.9 Å². The van der Waals surface area contributed by atoms with E-state index in [1.54, 1.807) is 13.0 Å². The number of carbonyl (C=O) groups is 1. The van der Waals surface area contributed by atoms with Gasteiger partial charge in [-0.1, -0.05) is 0 Å². The Morgan fingerprint density at radius 1 is 1.26 bits per heavy atom. The normalized spacial score (nSPS) is 15.5. The first-order valence-electron chi connectivity index (χ1n) is 8.59. The summed E-state index contributed by atoms with van der Waals surface area (Å²) in [7, 11) is -3.65. The molecule has 0 bridgehead atoms. The predicted octanol–water partition coefficient (Wildman–Crippen LogP) is 2.20. The van der Waals surface area contributed by atoms with E-state index >= 15 is 0 Å². The van der Waals surface area contributed by atoms with Gasteiger partial charge in [0.2, 0.25) is 10.0 Å². The van der Waals surface area contributed by atoms with Crippen LogP contribution in [-0.4, -0.2) is 46.9 Å². The quantitative estimate of drug-likeness (QED) is 0.706. The Morgan fingerprint density at radius 3 is 2.74 bits per heavy atom. The summed E-state index contributed by atoms with van der Waals surface area (Å²) in [6.45, 7) is 4.38. The van der Waals surface area contributed by atoms with Crippen molar-refractivity contribution in [1.82, 2.24) is 19.5 Å². The van der Waals surface area contributed by atoms with Gasteiger partial charge < -0.3 is 9.73 Å². The Labute approximate surface area is 155 Å². The number of aromatic nitrogens is 3. The lowest BCUT2D eigenvalue weighted by Gasteiger charge is -2.14. The number of amides is 1. The highest BCUT2D eigenvalue weighted by Gasteiger charge is 2.31. The van der Waals surface area contributed by atoms with Crippen LogP contribution in [0.25, 0.3) is 11.0 Å². The van der Waals surface area contributed by atoms with Crippen molar-refractivity contribution >= 4 is 32.7 Å². The zero-order chi connectivity index (χ0) is 19.2. The first-order chi connectivity index (χ1) is 12.9. The molecular weight excluding hydrogens is 370 g/mol. The molecule has 0 atom stereocenters. The average Bonchev–Trinajstić information content (AvgIpc) is 3.36. The van der Waals surface area contributed by atoms with E-state index in [2.05, 4.69) is 20.5 Å². The first-order valence-corrected chi connectivity index (χ1v) is 10.0. The molecule has 1 aliphatic rings. The molecule has 4 heterocycles. The molecule has 3 aromatic heterocycles. The average molecular weight is 389 g/mol. The van der Waals surface area contributed by atoms with Crippen LogP contribution < -0.4 is 5.32 Å². The summed E-state index contributed by atoms with van der Waals surface area (Å²) in [6.07, 6.45) is 3.16. The maximum absolute atomic E-state index is 12.7. The van der Waals surface area contributed by atoms with Gasteiger partial charge in [0.1, 0.15) is 10.7 Å². The minimum absolute atomic E-state index is 0.0359. The third-order valence-corrected chi connectivity index (χ3v) is 6.64. The Morgan fingerprint density at radius 2 is 2.00 bits per heavy atom. The van der Waals surface area contributed by atoms with Crippen molar-refractivity contribution < 1.29 is 17.6 Å². The Hall–Kier alpha value is -2.72. The van der Waals surface area contributed by atoms with Crippen LogP contribution in [0.15, 0.2) is 27.6 Å². The van der Waals surface area contributed by atoms with Crippen molar-refractivity contribution in [1.29, 1.82) is 0 Å². The highest BCUT2D eigenvalue weighted by molar-refractivity contribution is 7.89. The zero-order valence-electron chi connectivity index (χ0n) is 14.9. The van der Waals surface area contributed by atoms with Crippen LogP contribution >= 0.6 is 0 Å². The smallest absolute Gasteiger partial charge is 0.291 e. The third kappa shape index (κ3) is 3.10. The maximum atomic E-state index is 12.7. The minimum Gasteiger partial charge on any atom is -0.455 e. The second-order valence-electron chi connectivity index (χ2n) is 6.54. The first kappa shape index (κ1) is 17.7. The topological polar surface area (TPSA) is 121 Å². The van der Waals surface area contributed by atoms with Crippen LogP contribution in [0.5, 0.6) is 0 Å². The van der Waals surface area contributed by atoms with Crippen molar-refractivity contribution in [2.45, 2.75) is 31.6 Å². The summed E-state index contributed by atoms with van der Waals surface area (Å²) in [5.41, 5.74) is 1.86. The number of nitrogens with zero attached hydrogens (tertiary/aromatic N) is 3. The van der Waals surface area contributed by atoms with Gasteiger partial charge in [0.25, 0.3) is 5.91 Å². The molecule has 1 fully saturated rings. The molecule has 2 N–H and O–H groups in total. The SMILES string of the molecule is Cc1oc(C(=O)Nc2cnc3n[nH]c(C)c3c2)cc1S(=O)(=O)N1CCCC1. The second kappa shape index (κ2) is 6.46. The number of anilines is 1. The summed E-state index contributed by atoms with van der Waals surface area (Å²) < 4.78 is 32.3. The number of aromatic amines is 1. The molecule has 27 heavy (non-hydrogen) atoms. The molecule has 10 heteroatoms. The molecule has 4 rings (SSSR count). The van der Waals surface area contributed by atoms with Gasteiger partial charge in [0, 0.05) is 30.2 Å². The van der Waals surface area contributed by atoms with Crippen LogP contribution in [0.3, 0.4) is 0 Å². The van der Waals surface area contributed by atoms with E-state index in [1.165, 1.54) is 16.6 Å². The van der Waals surface area contributed by atoms with E-state index in [0.717, 1.165) is 23.9 Å². The van der Waals surface area contributed by atoms with Gasteiger partial charge >= 0.3 is 0 Å². The Kier molecular flexibility index (Phi) is 4.23. The van der Waals surface area contributed by atoms with Gasteiger partial charge in [0.15, 0.2) is 11.4 Å². The molecule has 0 unspecified atom stereocenters. The van der Waals surface area contributed by atoms with E-state index in [-0.39, 0.29) is 16.4 Å². The van der Waals surface area contributed by atoms with Crippen LogP contribution in [0.2, 0.25) is 0 Å². The summed E-state index contributed by atoms with van der Waals surface area (Å²) >= 11 is 0. The highest BCUT2D eigenvalue weighted by atomic mass is 32.2. The van der Waals surface area contributed by atoms with E-state index in [4.69, 9.17) is 4.42 Å². The van der Waals surface area contributed by atoms with Crippen molar-refractivity contribution in [3.63, 3.8) is 0 Å². The lowest BCUT2D eigenvalue weighted by molar-refractivity contribution is 0.0995. The second-order valence-corrected chi connectivity index (χ2v) is 8.45. The highest BCUT2D eigenvalue weighted by Crippen LogP contribution is 2.27. The van der Waals surface area contributed by atoms with Gasteiger partial charge in [-0.3, -0.25) is 9.89 Å². The molecule has 1 saturated heterocycles. The monoisotopic (exact) mass is 389 g/mol. The zero-order valence-corrected chi connectivity index (χ0v) is 15.8. The summed E-state index contributed by atoms with van der Waals surface area (Å²) in [5.74, 6) is -0.399. The number of furan rings is 1. The molecule has 3 aromatic rings. The number of fused-ring (bicyclic) bond motifs is 1. The summed E-state index contributed by atoms with van der Waals surface area (Å²) in [4.78, 5) is 16.7. The maximum Gasteiger partial charge on any atom is 0.291 e. The molecule has 0 aromatic carbocycles. The molecule has 9 nitrogen and oxygen atoms in total. The molecule has 0 spiro atoms. The minimum atomic E-state index is -3.65. The largest absolute Gasteiger partial charge is 0.455 e. The van der Waals surface area contributed by atoms with E-state index < -0.39 is 15.9 Å².